The number of carbonyl (C=O) groups is 2. The van der Waals surface area contributed by atoms with Crippen LogP contribution in [-0.4, -0.2) is 39.4 Å². The number of benzene rings is 3. The van der Waals surface area contributed by atoms with E-state index in [9.17, 15) is 14.0 Å². The Balaban J connectivity index is 1.33. The number of nitrogens with one attached hydrogen (secondary N) is 2. The number of rotatable bonds is 8. The highest BCUT2D eigenvalue weighted by atomic mass is 32.2. The van der Waals surface area contributed by atoms with Crippen LogP contribution in [0.3, 0.4) is 0 Å². The van der Waals surface area contributed by atoms with Crippen LogP contribution in [0, 0.1) is 5.82 Å². The third-order valence-corrected chi connectivity index (χ3v) is 6.09. The predicted molar refractivity (Wildman–Crippen MR) is 133 cm³/mol. The Bertz CT molecular complexity index is 1360. The van der Waals surface area contributed by atoms with Crippen LogP contribution in [0.4, 0.5) is 15.8 Å². The van der Waals surface area contributed by atoms with Crippen molar-refractivity contribution in [2.45, 2.75) is 5.16 Å². The fourth-order valence-corrected chi connectivity index (χ4v) is 4.00. The summed E-state index contributed by atoms with van der Waals surface area (Å²) in [5.74, 6) is 0.0864. The van der Waals surface area contributed by atoms with Crippen molar-refractivity contribution in [1.29, 1.82) is 0 Å². The summed E-state index contributed by atoms with van der Waals surface area (Å²) in [6, 6.07) is 20.0. The molecule has 0 saturated heterocycles. The maximum Gasteiger partial charge on any atom is 0.255 e. The van der Waals surface area contributed by atoms with Gasteiger partial charge in [-0.3, -0.25) is 9.59 Å². The second kappa shape index (κ2) is 10.8. The lowest BCUT2D eigenvalue weighted by Crippen LogP contribution is -2.15. The molecule has 178 valence electrons. The summed E-state index contributed by atoms with van der Waals surface area (Å²) >= 11 is 1.19. The van der Waals surface area contributed by atoms with E-state index in [0.29, 0.717) is 39.2 Å². The molecule has 3 aromatic carbocycles. The molecule has 0 bridgehead atoms. The molecule has 1 aromatic heterocycles. The second-order valence-corrected chi connectivity index (χ2v) is 8.36. The lowest BCUT2D eigenvalue weighted by molar-refractivity contribution is -0.113. The molecular weight excluding hydrogens is 469 g/mol. The number of methoxy groups -OCH3 is 1. The molecule has 10 heteroatoms. The van der Waals surface area contributed by atoms with E-state index in [2.05, 4.69) is 20.8 Å². The maximum atomic E-state index is 14.1. The number of carbonyl (C=O) groups excluding carboxylic acids is 2. The van der Waals surface area contributed by atoms with E-state index in [-0.39, 0.29) is 17.6 Å². The van der Waals surface area contributed by atoms with Gasteiger partial charge in [0.15, 0.2) is 11.0 Å². The average Bonchev–Trinajstić information content (AvgIpc) is 3.23. The Hall–Kier alpha value is -4.18. The molecule has 0 atom stereocenters. The van der Waals surface area contributed by atoms with Crippen molar-refractivity contribution in [1.82, 2.24) is 14.8 Å². The molecule has 0 saturated carbocycles. The predicted octanol–water partition coefficient (Wildman–Crippen LogP) is 4.61. The van der Waals surface area contributed by atoms with Gasteiger partial charge in [0.25, 0.3) is 5.91 Å². The minimum absolute atomic E-state index is 0.0826. The molecular formula is C25H22FN5O3S. The minimum Gasteiger partial charge on any atom is -0.495 e. The van der Waals surface area contributed by atoms with Crippen molar-refractivity contribution in [3.63, 3.8) is 0 Å². The number of aromatic nitrogens is 3. The molecule has 0 fully saturated rings. The Labute approximate surface area is 205 Å². The summed E-state index contributed by atoms with van der Waals surface area (Å²) in [6.07, 6.45) is 0. The topological polar surface area (TPSA) is 98.1 Å². The smallest absolute Gasteiger partial charge is 0.255 e. The summed E-state index contributed by atoms with van der Waals surface area (Å²) in [5.41, 5.74) is 1.89. The second-order valence-electron chi connectivity index (χ2n) is 7.41. The largest absolute Gasteiger partial charge is 0.495 e. The van der Waals surface area contributed by atoms with Crippen molar-refractivity contribution in [3.8, 4) is 17.1 Å². The Morgan fingerprint density at radius 1 is 0.971 bits per heavy atom. The summed E-state index contributed by atoms with van der Waals surface area (Å²) in [6.45, 7) is 0. The van der Waals surface area contributed by atoms with Crippen LogP contribution < -0.4 is 15.4 Å². The molecule has 2 N–H and O–H groups in total. The zero-order chi connectivity index (χ0) is 24.8. The number of amides is 2. The van der Waals surface area contributed by atoms with Gasteiger partial charge in [-0.1, -0.05) is 36.0 Å². The van der Waals surface area contributed by atoms with Crippen LogP contribution in [0.5, 0.6) is 5.75 Å². The molecule has 0 aliphatic heterocycles. The van der Waals surface area contributed by atoms with Gasteiger partial charge in [-0.05, 0) is 48.5 Å². The zero-order valence-electron chi connectivity index (χ0n) is 19.0. The standard InChI is InChI=1S/C25H22FN5O3S/c1-31-23(18-7-3-4-8-19(18)26)29-30-25(31)35-15-22(32)27-17-13-11-16(12-14-17)24(33)28-20-9-5-6-10-21(20)34-2/h3-14H,15H2,1-2H3,(H,27,32)(H,28,33). The first-order valence-corrected chi connectivity index (χ1v) is 11.6. The molecule has 35 heavy (non-hydrogen) atoms. The fourth-order valence-electron chi connectivity index (χ4n) is 3.29. The highest BCUT2D eigenvalue weighted by Crippen LogP contribution is 2.25. The Morgan fingerprint density at radius 3 is 2.43 bits per heavy atom. The van der Waals surface area contributed by atoms with Crippen LogP contribution in [0.15, 0.2) is 78.0 Å². The third kappa shape index (κ3) is 5.67. The lowest BCUT2D eigenvalue weighted by atomic mass is 10.2. The van der Waals surface area contributed by atoms with Gasteiger partial charge in [0, 0.05) is 18.3 Å². The van der Waals surface area contributed by atoms with Crippen LogP contribution in [0.2, 0.25) is 0 Å². The highest BCUT2D eigenvalue weighted by Gasteiger charge is 2.16. The lowest BCUT2D eigenvalue weighted by Gasteiger charge is -2.10. The Kier molecular flexibility index (Phi) is 7.41. The molecule has 0 radical (unpaired) electrons. The van der Waals surface area contributed by atoms with Gasteiger partial charge >= 0.3 is 0 Å². The van der Waals surface area contributed by atoms with Crippen LogP contribution >= 0.6 is 11.8 Å². The number of thioether (sulfide) groups is 1. The zero-order valence-corrected chi connectivity index (χ0v) is 19.8. The number of hydrogen-bond acceptors (Lipinski definition) is 6. The molecule has 2 amide bonds. The third-order valence-electron chi connectivity index (χ3n) is 5.07. The summed E-state index contributed by atoms with van der Waals surface area (Å²) in [7, 11) is 3.25. The highest BCUT2D eigenvalue weighted by molar-refractivity contribution is 7.99. The van der Waals surface area contributed by atoms with Gasteiger partial charge in [-0.2, -0.15) is 0 Å². The molecule has 0 aliphatic carbocycles. The fraction of sp³-hybridized carbons (Fsp3) is 0.120. The Morgan fingerprint density at radius 2 is 1.69 bits per heavy atom. The first-order chi connectivity index (χ1) is 17.0. The van der Waals surface area contributed by atoms with Crippen molar-refractivity contribution >= 4 is 35.0 Å². The summed E-state index contributed by atoms with van der Waals surface area (Å²) in [4.78, 5) is 25.0. The first kappa shape index (κ1) is 24.0. The van der Waals surface area contributed by atoms with E-state index in [1.54, 1.807) is 72.3 Å². The van der Waals surface area contributed by atoms with Gasteiger partial charge in [0.2, 0.25) is 5.91 Å². The normalized spacial score (nSPS) is 10.6. The number of hydrogen-bond donors (Lipinski definition) is 2. The van der Waals surface area contributed by atoms with Crippen molar-refractivity contribution in [2.24, 2.45) is 7.05 Å². The minimum atomic E-state index is -0.391. The van der Waals surface area contributed by atoms with Gasteiger partial charge in [0.1, 0.15) is 11.6 Å². The quantitative estimate of drug-likeness (QED) is 0.349. The van der Waals surface area contributed by atoms with Crippen LogP contribution in [0.1, 0.15) is 10.4 Å². The molecule has 0 aliphatic rings. The number of anilines is 2. The van der Waals surface area contributed by atoms with E-state index in [4.69, 9.17) is 4.74 Å². The number of para-hydroxylation sites is 2. The molecule has 1 heterocycles. The molecule has 0 unspecified atom stereocenters. The van der Waals surface area contributed by atoms with E-state index in [0.717, 1.165) is 0 Å². The number of ether oxygens (including phenoxy) is 1. The molecule has 8 nitrogen and oxygen atoms in total. The van der Waals surface area contributed by atoms with Crippen molar-refractivity contribution in [2.75, 3.05) is 23.5 Å². The monoisotopic (exact) mass is 491 g/mol. The van der Waals surface area contributed by atoms with Gasteiger partial charge < -0.3 is 19.9 Å². The molecule has 0 spiro atoms. The van der Waals surface area contributed by atoms with E-state index >= 15 is 0 Å². The molecule has 4 rings (SSSR count). The first-order valence-electron chi connectivity index (χ1n) is 10.6. The van der Waals surface area contributed by atoms with E-state index < -0.39 is 5.82 Å². The van der Waals surface area contributed by atoms with Crippen LogP contribution in [0.25, 0.3) is 11.4 Å². The van der Waals surface area contributed by atoms with Gasteiger partial charge in [-0.25, -0.2) is 4.39 Å². The average molecular weight is 492 g/mol. The SMILES string of the molecule is COc1ccccc1NC(=O)c1ccc(NC(=O)CSc2nnc(-c3ccccc3F)n2C)cc1. The van der Waals surface area contributed by atoms with E-state index in [1.165, 1.54) is 24.9 Å². The summed E-state index contributed by atoms with van der Waals surface area (Å²) < 4.78 is 20.9. The number of nitrogens with zero attached hydrogens (tertiary/aromatic N) is 3. The van der Waals surface area contributed by atoms with Crippen molar-refractivity contribution < 1.29 is 18.7 Å². The van der Waals surface area contributed by atoms with Crippen molar-refractivity contribution in [3.05, 3.63) is 84.2 Å². The summed E-state index contributed by atoms with van der Waals surface area (Å²) in [5, 5.41) is 14.2. The van der Waals surface area contributed by atoms with E-state index in [1.807, 2.05) is 6.07 Å². The number of halogens is 1. The van der Waals surface area contributed by atoms with Gasteiger partial charge in [-0.15, -0.1) is 10.2 Å². The van der Waals surface area contributed by atoms with Crippen LogP contribution in [-0.2, 0) is 11.8 Å². The van der Waals surface area contributed by atoms with Gasteiger partial charge in [0.05, 0.1) is 24.1 Å². The molecule has 4 aromatic rings. The maximum absolute atomic E-state index is 14.1.